The number of carbonyl (C=O) groups excluding carboxylic acids is 2. The average molecular weight is 426 g/mol. The second kappa shape index (κ2) is 10.6. The van der Waals surface area contributed by atoms with Crippen LogP contribution >= 0.6 is 11.8 Å². The average Bonchev–Trinajstić information content (AvgIpc) is 2.76. The highest BCUT2D eigenvalue weighted by atomic mass is 32.2. The van der Waals surface area contributed by atoms with Gasteiger partial charge in [-0.15, -0.1) is 11.8 Å². The van der Waals surface area contributed by atoms with Crippen LogP contribution in [0.3, 0.4) is 0 Å². The van der Waals surface area contributed by atoms with Gasteiger partial charge in [0.05, 0.1) is 0 Å². The second-order valence-corrected chi connectivity index (χ2v) is 8.81. The molecular formula is C24H31N3O2S. The molecule has 160 valence electrons. The lowest BCUT2D eigenvalue weighted by atomic mass is 9.96. The molecule has 0 aliphatic carbocycles. The van der Waals surface area contributed by atoms with Crippen molar-refractivity contribution in [3.63, 3.8) is 0 Å². The molecule has 0 saturated carbocycles. The summed E-state index contributed by atoms with van der Waals surface area (Å²) in [6, 6.07) is 14.3. The highest BCUT2D eigenvalue weighted by Gasteiger charge is 2.22. The third-order valence-electron chi connectivity index (χ3n) is 5.77. The Balaban J connectivity index is 1.43. The van der Waals surface area contributed by atoms with Crippen LogP contribution in [0.15, 0.2) is 47.4 Å². The highest BCUT2D eigenvalue weighted by molar-refractivity contribution is 7.98. The molecule has 1 aliphatic heterocycles. The molecule has 1 aliphatic rings. The standard InChI is InChI=1S/C24H31N3O2S/c1-17-7-6-8-18(2)22(17)26-24(29)23(28)25-15-19-11-13-27(14-12-19)16-20-9-4-5-10-21(20)30-3/h4-10,19H,11-16H2,1-3H3,(H,25,28)(H,26,29). The van der Waals surface area contributed by atoms with Crippen LogP contribution in [0.5, 0.6) is 0 Å². The van der Waals surface area contributed by atoms with E-state index >= 15 is 0 Å². The minimum Gasteiger partial charge on any atom is -0.348 e. The van der Waals surface area contributed by atoms with E-state index < -0.39 is 11.8 Å². The van der Waals surface area contributed by atoms with E-state index in [1.54, 1.807) is 11.8 Å². The molecule has 1 heterocycles. The Morgan fingerprint density at radius 1 is 1.00 bits per heavy atom. The first-order valence-electron chi connectivity index (χ1n) is 10.5. The van der Waals surface area contributed by atoms with E-state index in [-0.39, 0.29) is 0 Å². The van der Waals surface area contributed by atoms with Crippen LogP contribution in [0.2, 0.25) is 0 Å². The predicted octanol–water partition coefficient (Wildman–Crippen LogP) is 3.99. The fraction of sp³-hybridized carbons (Fsp3) is 0.417. The first kappa shape index (κ1) is 22.4. The smallest absolute Gasteiger partial charge is 0.313 e. The van der Waals surface area contributed by atoms with E-state index in [4.69, 9.17) is 0 Å². The second-order valence-electron chi connectivity index (χ2n) is 7.96. The van der Waals surface area contributed by atoms with Gasteiger partial charge in [0.15, 0.2) is 0 Å². The molecular weight excluding hydrogens is 394 g/mol. The van der Waals surface area contributed by atoms with Gasteiger partial charge in [-0.1, -0.05) is 36.4 Å². The summed E-state index contributed by atoms with van der Waals surface area (Å²) in [6.45, 7) is 7.38. The van der Waals surface area contributed by atoms with Gasteiger partial charge in [0.25, 0.3) is 0 Å². The number of aryl methyl sites for hydroxylation is 2. The summed E-state index contributed by atoms with van der Waals surface area (Å²) >= 11 is 1.79. The number of carbonyl (C=O) groups is 2. The summed E-state index contributed by atoms with van der Waals surface area (Å²) in [5, 5.41) is 5.57. The molecule has 0 spiro atoms. The van der Waals surface area contributed by atoms with Crippen molar-refractivity contribution in [1.29, 1.82) is 0 Å². The number of rotatable bonds is 6. The fourth-order valence-corrected chi connectivity index (χ4v) is 4.53. The van der Waals surface area contributed by atoms with E-state index in [1.807, 2.05) is 32.0 Å². The highest BCUT2D eigenvalue weighted by Crippen LogP contribution is 2.24. The van der Waals surface area contributed by atoms with Gasteiger partial charge in [-0.05, 0) is 74.7 Å². The van der Waals surface area contributed by atoms with Gasteiger partial charge in [-0.2, -0.15) is 0 Å². The van der Waals surface area contributed by atoms with Gasteiger partial charge in [-0.25, -0.2) is 0 Å². The summed E-state index contributed by atoms with van der Waals surface area (Å²) in [7, 11) is 0. The molecule has 0 atom stereocenters. The summed E-state index contributed by atoms with van der Waals surface area (Å²) in [5.74, 6) is -0.749. The summed E-state index contributed by atoms with van der Waals surface area (Å²) in [6.07, 6.45) is 4.17. The molecule has 5 nitrogen and oxygen atoms in total. The maximum Gasteiger partial charge on any atom is 0.313 e. The summed E-state index contributed by atoms with van der Waals surface area (Å²) < 4.78 is 0. The summed E-state index contributed by atoms with van der Waals surface area (Å²) in [5.41, 5.74) is 3.99. The summed E-state index contributed by atoms with van der Waals surface area (Å²) in [4.78, 5) is 28.3. The van der Waals surface area contributed by atoms with Crippen LogP contribution in [0, 0.1) is 19.8 Å². The number of hydrogen-bond acceptors (Lipinski definition) is 4. The van der Waals surface area contributed by atoms with Gasteiger partial charge in [0, 0.05) is 23.7 Å². The Morgan fingerprint density at radius 2 is 1.67 bits per heavy atom. The SMILES string of the molecule is CSc1ccccc1CN1CCC(CNC(=O)C(=O)Nc2c(C)cccc2C)CC1. The monoisotopic (exact) mass is 425 g/mol. The molecule has 6 heteroatoms. The molecule has 0 unspecified atom stereocenters. The van der Waals surface area contributed by atoms with Gasteiger partial charge >= 0.3 is 11.8 Å². The van der Waals surface area contributed by atoms with Crippen LogP contribution in [0.25, 0.3) is 0 Å². The predicted molar refractivity (Wildman–Crippen MR) is 124 cm³/mol. The third kappa shape index (κ3) is 5.86. The number of anilines is 1. The van der Waals surface area contributed by atoms with E-state index in [2.05, 4.69) is 46.1 Å². The van der Waals surface area contributed by atoms with Crippen molar-refractivity contribution >= 4 is 29.3 Å². The van der Waals surface area contributed by atoms with Crippen molar-refractivity contribution in [2.75, 3.05) is 31.2 Å². The van der Waals surface area contributed by atoms with E-state index in [9.17, 15) is 9.59 Å². The number of amides is 2. The van der Waals surface area contributed by atoms with Crippen LogP contribution in [-0.4, -0.2) is 42.6 Å². The molecule has 1 saturated heterocycles. The Bertz CT molecular complexity index is 872. The van der Waals surface area contributed by atoms with Crippen molar-refractivity contribution in [2.24, 2.45) is 5.92 Å². The molecule has 0 aromatic heterocycles. The number of likely N-dealkylation sites (tertiary alicyclic amines) is 1. The quantitative estimate of drug-likeness (QED) is 0.543. The maximum atomic E-state index is 12.3. The molecule has 2 N–H and O–H groups in total. The molecule has 30 heavy (non-hydrogen) atoms. The van der Waals surface area contributed by atoms with E-state index in [0.717, 1.165) is 49.3 Å². The molecule has 3 rings (SSSR count). The lowest BCUT2D eigenvalue weighted by Crippen LogP contribution is -2.41. The Kier molecular flexibility index (Phi) is 7.94. The molecule has 2 aromatic carbocycles. The number of benzene rings is 2. The van der Waals surface area contributed by atoms with E-state index in [0.29, 0.717) is 12.5 Å². The van der Waals surface area contributed by atoms with Crippen molar-refractivity contribution in [3.8, 4) is 0 Å². The molecule has 0 radical (unpaired) electrons. The fourth-order valence-electron chi connectivity index (χ4n) is 3.92. The van der Waals surface area contributed by atoms with Gasteiger partial charge in [-0.3, -0.25) is 14.5 Å². The number of piperidine rings is 1. The van der Waals surface area contributed by atoms with Gasteiger partial charge in [0.1, 0.15) is 0 Å². The normalized spacial score (nSPS) is 15.0. The minimum absolute atomic E-state index is 0.411. The van der Waals surface area contributed by atoms with Crippen LogP contribution in [0.1, 0.15) is 29.5 Å². The zero-order valence-corrected chi connectivity index (χ0v) is 18.8. The topological polar surface area (TPSA) is 61.4 Å². The Morgan fingerprint density at radius 3 is 2.33 bits per heavy atom. The lowest BCUT2D eigenvalue weighted by Gasteiger charge is -2.32. The minimum atomic E-state index is -0.599. The molecule has 1 fully saturated rings. The largest absolute Gasteiger partial charge is 0.348 e. The molecule has 2 aromatic rings. The van der Waals surface area contributed by atoms with Crippen molar-refractivity contribution in [3.05, 3.63) is 59.2 Å². The van der Waals surface area contributed by atoms with Crippen LogP contribution in [-0.2, 0) is 16.1 Å². The molecule has 0 bridgehead atoms. The zero-order chi connectivity index (χ0) is 21.5. The Labute approximate surface area is 183 Å². The number of hydrogen-bond donors (Lipinski definition) is 2. The van der Waals surface area contributed by atoms with Crippen LogP contribution < -0.4 is 10.6 Å². The van der Waals surface area contributed by atoms with Gasteiger partial charge in [0.2, 0.25) is 0 Å². The number of thioether (sulfide) groups is 1. The van der Waals surface area contributed by atoms with Crippen molar-refractivity contribution < 1.29 is 9.59 Å². The first-order chi connectivity index (χ1) is 14.5. The van der Waals surface area contributed by atoms with Gasteiger partial charge < -0.3 is 10.6 Å². The maximum absolute atomic E-state index is 12.3. The molecule has 2 amide bonds. The van der Waals surface area contributed by atoms with Crippen molar-refractivity contribution in [2.45, 2.75) is 38.1 Å². The number of nitrogens with one attached hydrogen (secondary N) is 2. The van der Waals surface area contributed by atoms with E-state index in [1.165, 1.54) is 10.5 Å². The first-order valence-corrected chi connectivity index (χ1v) is 11.7. The Hall–Kier alpha value is -2.31. The van der Waals surface area contributed by atoms with Crippen molar-refractivity contribution in [1.82, 2.24) is 10.2 Å². The third-order valence-corrected chi connectivity index (χ3v) is 6.61. The lowest BCUT2D eigenvalue weighted by molar-refractivity contribution is -0.136. The number of nitrogens with zero attached hydrogens (tertiary/aromatic N) is 1. The zero-order valence-electron chi connectivity index (χ0n) is 18.0. The van der Waals surface area contributed by atoms with Crippen LogP contribution in [0.4, 0.5) is 5.69 Å². The number of para-hydroxylation sites is 1.